The van der Waals surface area contributed by atoms with E-state index in [1.54, 1.807) is 0 Å². The Bertz CT molecular complexity index is 1760. The van der Waals surface area contributed by atoms with Crippen LogP contribution >= 0.6 is 0 Å². The van der Waals surface area contributed by atoms with Gasteiger partial charge in [-0.2, -0.15) is 0 Å². The first-order valence-corrected chi connectivity index (χ1v) is 27.5. The topological polar surface area (TPSA) is 55.4 Å². The van der Waals surface area contributed by atoms with Crippen LogP contribution < -0.4 is 10.4 Å². The fourth-order valence-corrected chi connectivity index (χ4v) is 15.6. The van der Waals surface area contributed by atoms with Gasteiger partial charge in [0.25, 0.3) is 8.32 Å². The lowest BCUT2D eigenvalue weighted by atomic mass is 9.78. The summed E-state index contributed by atoms with van der Waals surface area (Å²) in [4.78, 5) is 0. The van der Waals surface area contributed by atoms with Crippen molar-refractivity contribution in [3.8, 4) is 0 Å². The maximum atomic E-state index is 7.47. The summed E-state index contributed by atoms with van der Waals surface area (Å²) in [5.74, 6) is -0.164. The van der Waals surface area contributed by atoms with Crippen LogP contribution in [0.15, 0.2) is 103 Å². The molecule has 3 aromatic carbocycles. The first kappa shape index (κ1) is 48.6. The van der Waals surface area contributed by atoms with Crippen molar-refractivity contribution in [2.75, 3.05) is 6.61 Å². The Labute approximate surface area is 367 Å². The highest BCUT2D eigenvalue weighted by Gasteiger charge is 2.52. The summed E-state index contributed by atoms with van der Waals surface area (Å²) in [5, 5.41) is 2.50. The van der Waals surface area contributed by atoms with Crippen molar-refractivity contribution in [3.05, 3.63) is 109 Å². The third kappa shape index (κ3) is 10.7. The van der Waals surface area contributed by atoms with Crippen LogP contribution in [-0.4, -0.2) is 59.5 Å². The van der Waals surface area contributed by atoms with Gasteiger partial charge in [0.2, 0.25) is 0 Å². The summed E-state index contributed by atoms with van der Waals surface area (Å²) in [6.45, 7) is 41.9. The van der Waals surface area contributed by atoms with E-state index >= 15 is 0 Å². The van der Waals surface area contributed by atoms with Gasteiger partial charge in [-0.3, -0.25) is 0 Å². The van der Waals surface area contributed by atoms with Crippen molar-refractivity contribution in [1.82, 2.24) is 0 Å². The zero-order chi connectivity index (χ0) is 44.4. The van der Waals surface area contributed by atoms with Crippen LogP contribution in [0.5, 0.6) is 0 Å². The van der Waals surface area contributed by atoms with E-state index in [0.29, 0.717) is 6.61 Å². The van der Waals surface area contributed by atoms with E-state index in [4.69, 9.17) is 34.4 Å². The van der Waals surface area contributed by atoms with Crippen LogP contribution in [0.3, 0.4) is 0 Å². The zero-order valence-corrected chi connectivity index (χ0v) is 42.1. The van der Waals surface area contributed by atoms with Gasteiger partial charge in [0.1, 0.15) is 0 Å². The van der Waals surface area contributed by atoms with Crippen molar-refractivity contribution in [2.24, 2.45) is 29.6 Å². The summed E-state index contributed by atoms with van der Waals surface area (Å²) in [5.41, 5.74) is 2.14. The standard InChI is InChI=1S/C52H80O6Si2/c1-35(33-36(2)47(58-59(16,17)50(8,9)10)40(6)48-38(4)41(7)54-49(55-48)42-27-21-18-22-28-42)45-39(5)46(57-52(14,15)56-45)37(3)34-53-60(51(11,12)13,43-29-23-19-24-30-43)44-31-25-20-26-32-44/h18-32,35,37-41,45-49H,2,33-34H2,1,3-17H3/t35-,37+,38-,39+,40-,41+,45-,46+,47+,48-,49+/m0/s1. The highest BCUT2D eigenvalue weighted by molar-refractivity contribution is 6.99. The van der Waals surface area contributed by atoms with Crippen LogP contribution in [0, 0.1) is 29.6 Å². The fraction of sp³-hybridized carbons (Fsp3) is 0.615. The molecule has 0 saturated carbocycles. The molecule has 11 atom stereocenters. The highest BCUT2D eigenvalue weighted by Crippen LogP contribution is 2.45. The molecule has 2 heterocycles. The molecule has 0 amide bonds. The fourth-order valence-electron chi connectivity index (χ4n) is 9.60. The zero-order valence-electron chi connectivity index (χ0n) is 40.1. The van der Waals surface area contributed by atoms with Gasteiger partial charge in [-0.25, -0.2) is 0 Å². The average molecular weight is 857 g/mol. The van der Waals surface area contributed by atoms with E-state index in [2.05, 4.69) is 183 Å². The molecule has 0 radical (unpaired) electrons. The Balaban J connectivity index is 1.39. The molecule has 60 heavy (non-hydrogen) atoms. The second kappa shape index (κ2) is 19.1. The van der Waals surface area contributed by atoms with Gasteiger partial charge in [0, 0.05) is 35.8 Å². The summed E-state index contributed by atoms with van der Waals surface area (Å²) in [6.07, 6.45) is -0.0452. The van der Waals surface area contributed by atoms with Crippen molar-refractivity contribution in [3.63, 3.8) is 0 Å². The first-order valence-electron chi connectivity index (χ1n) is 22.7. The summed E-state index contributed by atoms with van der Waals surface area (Å²) in [6, 6.07) is 32.1. The molecule has 8 heteroatoms. The van der Waals surface area contributed by atoms with Gasteiger partial charge in [-0.05, 0) is 72.2 Å². The molecule has 5 rings (SSSR count). The van der Waals surface area contributed by atoms with Gasteiger partial charge in [-0.15, -0.1) is 0 Å². The van der Waals surface area contributed by atoms with Gasteiger partial charge in [0.15, 0.2) is 20.4 Å². The molecule has 2 aliphatic heterocycles. The molecule has 2 saturated heterocycles. The molecule has 2 aliphatic rings. The van der Waals surface area contributed by atoms with Crippen LogP contribution in [0.1, 0.15) is 115 Å². The Morgan fingerprint density at radius 1 is 0.683 bits per heavy atom. The molecule has 0 N–H and O–H groups in total. The third-order valence-electron chi connectivity index (χ3n) is 14.1. The summed E-state index contributed by atoms with van der Waals surface area (Å²) < 4.78 is 42.0. The van der Waals surface area contributed by atoms with E-state index in [1.807, 2.05) is 18.2 Å². The Kier molecular flexibility index (Phi) is 15.5. The molecule has 332 valence electrons. The number of rotatable bonds is 15. The Hall–Kier alpha value is -2.41. The van der Waals surface area contributed by atoms with Crippen LogP contribution in [0.25, 0.3) is 0 Å². The quantitative estimate of drug-likeness (QED) is 0.112. The van der Waals surface area contributed by atoms with Gasteiger partial charge >= 0.3 is 0 Å². The maximum Gasteiger partial charge on any atom is 0.261 e. The molecule has 2 fully saturated rings. The minimum absolute atomic E-state index is 0.0235. The van der Waals surface area contributed by atoms with Gasteiger partial charge in [-0.1, -0.05) is 174 Å². The number of hydrogen-bond donors (Lipinski definition) is 0. The maximum absolute atomic E-state index is 7.47. The third-order valence-corrected chi connectivity index (χ3v) is 23.6. The van der Waals surface area contributed by atoms with E-state index in [0.717, 1.165) is 17.6 Å². The van der Waals surface area contributed by atoms with Gasteiger partial charge in [0.05, 0.1) is 30.5 Å². The molecule has 6 nitrogen and oxygen atoms in total. The second-order valence-electron chi connectivity index (χ2n) is 21.4. The van der Waals surface area contributed by atoms with Crippen LogP contribution in [-0.2, 0) is 27.8 Å². The normalized spacial score (nSPS) is 27.4. The molecule has 0 bridgehead atoms. The van der Waals surface area contributed by atoms with E-state index in [1.165, 1.54) is 10.4 Å². The lowest BCUT2D eigenvalue weighted by molar-refractivity contribution is -0.335. The van der Waals surface area contributed by atoms with Crippen molar-refractivity contribution in [2.45, 2.75) is 169 Å². The Morgan fingerprint density at radius 3 is 1.65 bits per heavy atom. The minimum atomic E-state index is -2.73. The molecule has 0 spiro atoms. The van der Waals surface area contributed by atoms with Gasteiger partial charge < -0.3 is 27.8 Å². The SMILES string of the molecule is C=C(C[C@H](C)[C@@H]1OC(C)(C)O[C@H]([C@H](C)CO[Si](c2ccccc2)(c2ccccc2)C(C)(C)C)[C@@H]1C)[C@@H](O[Si](C)(C)C(C)(C)C)[C@H](C)[C@H]1O[C@H](c2ccccc2)O[C@H](C)[C@@H]1C. The highest BCUT2D eigenvalue weighted by atomic mass is 28.4. The lowest BCUT2D eigenvalue weighted by Crippen LogP contribution is -2.67. The molecule has 0 unspecified atom stereocenters. The number of ether oxygens (including phenoxy) is 4. The smallest absolute Gasteiger partial charge is 0.261 e. The minimum Gasteiger partial charge on any atom is -0.410 e. The Morgan fingerprint density at radius 2 is 1.17 bits per heavy atom. The second-order valence-corrected chi connectivity index (χ2v) is 30.5. The van der Waals surface area contributed by atoms with E-state index in [9.17, 15) is 0 Å². The molecule has 3 aromatic rings. The molecular weight excluding hydrogens is 777 g/mol. The molecule has 0 aromatic heterocycles. The predicted molar refractivity (Wildman–Crippen MR) is 254 cm³/mol. The first-order chi connectivity index (χ1) is 27.9. The van der Waals surface area contributed by atoms with Crippen LogP contribution in [0.4, 0.5) is 0 Å². The monoisotopic (exact) mass is 857 g/mol. The lowest BCUT2D eigenvalue weighted by Gasteiger charge is -2.50. The average Bonchev–Trinajstić information content (AvgIpc) is 3.18. The predicted octanol–water partition coefficient (Wildman–Crippen LogP) is 12.1. The molecular formula is C52H80O6Si2. The summed E-state index contributed by atoms with van der Waals surface area (Å²) in [7, 11) is -4.95. The van der Waals surface area contributed by atoms with Crippen LogP contribution in [0.2, 0.25) is 23.2 Å². The summed E-state index contributed by atoms with van der Waals surface area (Å²) >= 11 is 0. The van der Waals surface area contributed by atoms with Crippen molar-refractivity contribution < 1.29 is 27.8 Å². The van der Waals surface area contributed by atoms with Crippen molar-refractivity contribution in [1.29, 1.82) is 0 Å². The molecule has 0 aliphatic carbocycles. The van der Waals surface area contributed by atoms with E-state index in [-0.39, 0.29) is 70.2 Å². The van der Waals surface area contributed by atoms with Crippen molar-refractivity contribution >= 4 is 27.0 Å². The number of hydrogen-bond acceptors (Lipinski definition) is 6. The van der Waals surface area contributed by atoms with E-state index < -0.39 is 28.7 Å². The largest absolute Gasteiger partial charge is 0.410 e. The number of benzene rings is 3.